The maximum absolute atomic E-state index is 14.2. The van der Waals surface area contributed by atoms with Crippen LogP contribution in [0.25, 0.3) is 22.3 Å². The number of nitrogens with zero attached hydrogens (tertiary/aromatic N) is 7. The van der Waals surface area contributed by atoms with Gasteiger partial charge in [-0.15, -0.1) is 4.80 Å². The van der Waals surface area contributed by atoms with E-state index < -0.39 is 29.2 Å². The molecule has 5 aromatic rings. The lowest BCUT2D eigenvalue weighted by molar-refractivity contribution is -0.141. The first-order valence-corrected chi connectivity index (χ1v) is 10.2. The summed E-state index contributed by atoms with van der Waals surface area (Å²) in [5.41, 5.74) is -2.10. The molecule has 5 rings (SSSR count). The predicted molar refractivity (Wildman–Crippen MR) is 118 cm³/mol. The third kappa shape index (κ3) is 4.00. The zero-order valence-corrected chi connectivity index (χ0v) is 17.9. The number of halogens is 4. The fourth-order valence-electron chi connectivity index (χ4n) is 3.62. The van der Waals surface area contributed by atoms with E-state index in [1.165, 1.54) is 54.9 Å². The molecule has 13 heteroatoms. The van der Waals surface area contributed by atoms with Crippen LogP contribution in [-0.2, 0) is 6.18 Å². The number of anilines is 1. The molecule has 1 N–H and O–H groups in total. The summed E-state index contributed by atoms with van der Waals surface area (Å²) in [5.74, 6) is -1.60. The van der Waals surface area contributed by atoms with E-state index in [4.69, 9.17) is 0 Å². The number of hydrogen-bond acceptors (Lipinski definition) is 6. The van der Waals surface area contributed by atoms with Crippen LogP contribution in [0.3, 0.4) is 0 Å². The zero-order valence-electron chi connectivity index (χ0n) is 17.9. The number of carbonyl (C=O) groups excluding carboxylic acids is 1. The zero-order chi connectivity index (χ0) is 25.4. The monoisotopic (exact) mass is 492 g/mol. The first kappa shape index (κ1) is 22.7. The Balaban J connectivity index is 1.54. The number of nitriles is 1. The third-order valence-electron chi connectivity index (χ3n) is 5.17. The summed E-state index contributed by atoms with van der Waals surface area (Å²) in [6, 6.07) is 11.7. The predicted octanol–water partition coefficient (Wildman–Crippen LogP) is 4.28. The van der Waals surface area contributed by atoms with Crippen molar-refractivity contribution < 1.29 is 22.4 Å². The third-order valence-corrected chi connectivity index (χ3v) is 5.17. The number of rotatable bonds is 4. The molecule has 0 aliphatic rings. The van der Waals surface area contributed by atoms with Gasteiger partial charge in [0.1, 0.15) is 17.4 Å². The van der Waals surface area contributed by atoms with E-state index in [2.05, 4.69) is 25.6 Å². The maximum Gasteiger partial charge on any atom is 0.435 e. The summed E-state index contributed by atoms with van der Waals surface area (Å²) in [5, 5.41) is 23.6. The van der Waals surface area contributed by atoms with Crippen molar-refractivity contribution in [2.45, 2.75) is 6.18 Å². The second-order valence-corrected chi connectivity index (χ2v) is 7.43. The number of benzene rings is 2. The lowest BCUT2D eigenvalue weighted by Gasteiger charge is -2.08. The molecule has 3 heterocycles. The molecule has 178 valence electrons. The molecule has 0 radical (unpaired) electrons. The highest BCUT2D eigenvalue weighted by Gasteiger charge is 2.39. The van der Waals surface area contributed by atoms with Crippen LogP contribution in [0.1, 0.15) is 21.6 Å². The van der Waals surface area contributed by atoms with Gasteiger partial charge in [0, 0.05) is 17.0 Å². The molecule has 36 heavy (non-hydrogen) atoms. The number of carbonyl (C=O) groups is 1. The Kier molecular flexibility index (Phi) is 5.40. The van der Waals surface area contributed by atoms with Crippen molar-refractivity contribution in [1.29, 1.82) is 5.26 Å². The summed E-state index contributed by atoms with van der Waals surface area (Å²) in [6.45, 7) is 0. The van der Waals surface area contributed by atoms with Crippen LogP contribution >= 0.6 is 0 Å². The van der Waals surface area contributed by atoms with Gasteiger partial charge in [-0.25, -0.2) is 14.1 Å². The van der Waals surface area contributed by atoms with Gasteiger partial charge in [0.25, 0.3) is 5.91 Å². The van der Waals surface area contributed by atoms with E-state index in [1.54, 1.807) is 0 Å². The normalized spacial score (nSPS) is 11.4. The SMILES string of the molecule is N#Cc1cc(NC(=O)c2cn(-c3cccc4c(F)cccc34)nc2C(F)(F)F)cnc1-n1nccn1. The molecule has 0 atom stereocenters. The number of nitrogens with one attached hydrogen (secondary N) is 1. The molecule has 0 fully saturated rings. The van der Waals surface area contributed by atoms with Gasteiger partial charge in [0.05, 0.1) is 35.5 Å². The van der Waals surface area contributed by atoms with Gasteiger partial charge in [-0.05, 0) is 18.2 Å². The van der Waals surface area contributed by atoms with Crippen LogP contribution in [0.4, 0.5) is 23.2 Å². The smallest absolute Gasteiger partial charge is 0.320 e. The van der Waals surface area contributed by atoms with Gasteiger partial charge in [-0.2, -0.15) is 33.7 Å². The largest absolute Gasteiger partial charge is 0.435 e. The second-order valence-electron chi connectivity index (χ2n) is 7.43. The van der Waals surface area contributed by atoms with Crippen LogP contribution < -0.4 is 5.32 Å². The van der Waals surface area contributed by atoms with Gasteiger partial charge in [-0.1, -0.05) is 24.3 Å². The van der Waals surface area contributed by atoms with Crippen molar-refractivity contribution in [1.82, 2.24) is 29.8 Å². The average molecular weight is 492 g/mol. The molecule has 0 unspecified atom stereocenters. The molecule has 2 aromatic carbocycles. The summed E-state index contributed by atoms with van der Waals surface area (Å²) in [4.78, 5) is 18.0. The fraction of sp³-hybridized carbons (Fsp3) is 0.0435. The minimum absolute atomic E-state index is 0.0199. The van der Waals surface area contributed by atoms with Crippen LogP contribution in [0.2, 0.25) is 0 Å². The van der Waals surface area contributed by atoms with Crippen molar-refractivity contribution in [2.24, 2.45) is 0 Å². The number of aromatic nitrogens is 6. The molecule has 0 saturated heterocycles. The number of fused-ring (bicyclic) bond motifs is 1. The standard InChI is InChI=1S/C23H12F4N8O/c24-18-5-1-4-16-15(18)3-2-6-19(16)34-12-17(20(33-34)23(25,26)27)22(36)32-14-9-13(10-28)21(29-11-14)35-30-7-8-31-35/h1-9,11-12H,(H,32,36). The van der Waals surface area contributed by atoms with E-state index in [1.807, 2.05) is 6.07 Å². The molecule has 0 bridgehead atoms. The molecule has 0 spiro atoms. The number of hydrogen-bond donors (Lipinski definition) is 1. The van der Waals surface area contributed by atoms with Crippen molar-refractivity contribution >= 4 is 22.4 Å². The Hall–Kier alpha value is -5.12. The quantitative estimate of drug-likeness (QED) is 0.375. The van der Waals surface area contributed by atoms with E-state index >= 15 is 0 Å². The molecule has 0 saturated carbocycles. The average Bonchev–Trinajstić information content (AvgIpc) is 3.54. The van der Waals surface area contributed by atoms with Crippen LogP contribution in [0.5, 0.6) is 0 Å². The highest BCUT2D eigenvalue weighted by atomic mass is 19.4. The Morgan fingerprint density at radius 2 is 1.78 bits per heavy atom. The van der Waals surface area contributed by atoms with Crippen molar-refractivity contribution in [3.05, 3.63) is 89.9 Å². The first-order valence-electron chi connectivity index (χ1n) is 10.2. The van der Waals surface area contributed by atoms with Crippen LogP contribution in [0.15, 0.2) is 67.3 Å². The number of amides is 1. The minimum atomic E-state index is -4.96. The van der Waals surface area contributed by atoms with Gasteiger partial charge in [0.2, 0.25) is 0 Å². The molecule has 3 aromatic heterocycles. The Bertz CT molecular complexity index is 1650. The van der Waals surface area contributed by atoms with Gasteiger partial charge >= 0.3 is 6.18 Å². The van der Waals surface area contributed by atoms with Crippen LogP contribution in [-0.4, -0.2) is 35.7 Å². The minimum Gasteiger partial charge on any atom is -0.320 e. The van der Waals surface area contributed by atoms with Crippen molar-refractivity contribution in [3.8, 4) is 17.6 Å². The lowest BCUT2D eigenvalue weighted by Crippen LogP contribution is -2.18. The summed E-state index contributed by atoms with van der Waals surface area (Å²) in [7, 11) is 0. The Morgan fingerprint density at radius 3 is 2.50 bits per heavy atom. The summed E-state index contributed by atoms with van der Waals surface area (Å²) >= 11 is 0. The van der Waals surface area contributed by atoms with Crippen molar-refractivity contribution in [3.63, 3.8) is 0 Å². The molecule has 0 aliphatic carbocycles. The highest BCUT2D eigenvalue weighted by molar-refractivity contribution is 6.05. The van der Waals surface area contributed by atoms with E-state index in [0.717, 1.165) is 21.9 Å². The Morgan fingerprint density at radius 1 is 1.06 bits per heavy atom. The summed E-state index contributed by atoms with van der Waals surface area (Å²) in [6.07, 6.45) is -0.140. The molecular weight excluding hydrogens is 480 g/mol. The van der Waals surface area contributed by atoms with Gasteiger partial charge in [0.15, 0.2) is 11.5 Å². The Labute approximate surface area is 199 Å². The van der Waals surface area contributed by atoms with E-state index in [-0.39, 0.29) is 28.1 Å². The molecule has 0 aliphatic heterocycles. The van der Waals surface area contributed by atoms with Gasteiger partial charge in [-0.3, -0.25) is 4.79 Å². The topological polar surface area (TPSA) is 114 Å². The number of pyridine rings is 1. The second kappa shape index (κ2) is 8.58. The molecular formula is C23H12F4N8O. The van der Waals surface area contributed by atoms with E-state index in [0.29, 0.717) is 5.39 Å². The lowest BCUT2D eigenvalue weighted by atomic mass is 10.1. The summed E-state index contributed by atoms with van der Waals surface area (Å²) < 4.78 is 56.5. The fourth-order valence-corrected chi connectivity index (χ4v) is 3.62. The molecule has 1 amide bonds. The highest BCUT2D eigenvalue weighted by Crippen LogP contribution is 2.33. The van der Waals surface area contributed by atoms with Crippen molar-refractivity contribution in [2.75, 3.05) is 5.32 Å². The molecule has 9 nitrogen and oxygen atoms in total. The first-order chi connectivity index (χ1) is 17.3. The van der Waals surface area contributed by atoms with Gasteiger partial charge < -0.3 is 5.32 Å². The maximum atomic E-state index is 14.2. The van der Waals surface area contributed by atoms with Crippen LogP contribution in [0, 0.1) is 17.1 Å². The number of alkyl halides is 3. The van der Waals surface area contributed by atoms with E-state index in [9.17, 15) is 27.6 Å².